The zero-order valence-electron chi connectivity index (χ0n) is 13.9. The summed E-state index contributed by atoms with van der Waals surface area (Å²) in [5.74, 6) is 0.355. The number of aromatic nitrogens is 2. The van der Waals surface area contributed by atoms with Crippen LogP contribution in [0.25, 0.3) is 0 Å². The van der Waals surface area contributed by atoms with E-state index in [1.807, 2.05) is 28.9 Å². The average Bonchev–Trinajstić information content (AvgIpc) is 3.06. The molecule has 5 heteroatoms. The molecule has 4 rings (SSSR count). The van der Waals surface area contributed by atoms with Crippen molar-refractivity contribution in [3.05, 3.63) is 53.6 Å². The van der Waals surface area contributed by atoms with E-state index in [2.05, 4.69) is 5.10 Å². The van der Waals surface area contributed by atoms with Crippen molar-refractivity contribution in [3.8, 4) is 0 Å². The molecule has 3 unspecified atom stereocenters. The fourth-order valence-electron chi connectivity index (χ4n) is 3.86. The van der Waals surface area contributed by atoms with Crippen molar-refractivity contribution in [2.24, 2.45) is 5.92 Å². The second-order valence-electron chi connectivity index (χ2n) is 7.07. The summed E-state index contributed by atoms with van der Waals surface area (Å²) in [6.07, 6.45) is 6.86. The van der Waals surface area contributed by atoms with Crippen molar-refractivity contribution >= 4 is 5.91 Å². The molecule has 2 aliphatic rings. The molecule has 2 heterocycles. The Morgan fingerprint density at radius 3 is 2.83 bits per heavy atom. The lowest BCUT2D eigenvalue weighted by atomic mass is 10.1. The van der Waals surface area contributed by atoms with Gasteiger partial charge in [0.2, 0.25) is 5.91 Å². The molecule has 1 saturated heterocycles. The molecule has 1 aliphatic carbocycles. The quantitative estimate of drug-likeness (QED) is 0.865. The molecule has 1 aliphatic heterocycles. The van der Waals surface area contributed by atoms with Gasteiger partial charge in [0, 0.05) is 18.7 Å². The molecule has 24 heavy (non-hydrogen) atoms. The number of carbonyl (C=O) groups is 1. The van der Waals surface area contributed by atoms with Gasteiger partial charge in [-0.25, -0.2) is 4.39 Å². The van der Waals surface area contributed by atoms with Crippen molar-refractivity contribution < 1.29 is 9.18 Å². The Morgan fingerprint density at radius 2 is 2.12 bits per heavy atom. The Kier molecular flexibility index (Phi) is 3.87. The molecular formula is C19H22FN3O. The molecule has 3 atom stereocenters. The first-order valence-electron chi connectivity index (χ1n) is 8.67. The van der Waals surface area contributed by atoms with Gasteiger partial charge in [-0.05, 0) is 55.4 Å². The van der Waals surface area contributed by atoms with Crippen LogP contribution in [-0.4, -0.2) is 33.2 Å². The predicted molar refractivity (Wildman–Crippen MR) is 88.9 cm³/mol. The van der Waals surface area contributed by atoms with Gasteiger partial charge in [0.25, 0.3) is 0 Å². The summed E-state index contributed by atoms with van der Waals surface area (Å²) in [7, 11) is 0. The Bertz CT molecular complexity index is 739. The SMILES string of the molecule is Cc1cnn(CC2CCCN2C(=O)C2CC2c2ccc(F)cc2)c1. The first-order chi connectivity index (χ1) is 11.6. The Labute approximate surface area is 141 Å². The maximum atomic E-state index is 13.0. The van der Waals surface area contributed by atoms with Gasteiger partial charge in [-0.2, -0.15) is 5.10 Å². The molecule has 0 bridgehead atoms. The summed E-state index contributed by atoms with van der Waals surface area (Å²) >= 11 is 0. The van der Waals surface area contributed by atoms with E-state index >= 15 is 0 Å². The Balaban J connectivity index is 1.41. The highest BCUT2D eigenvalue weighted by molar-refractivity contribution is 5.83. The fourth-order valence-corrected chi connectivity index (χ4v) is 3.86. The highest BCUT2D eigenvalue weighted by Gasteiger charge is 2.47. The minimum Gasteiger partial charge on any atom is -0.338 e. The van der Waals surface area contributed by atoms with Crippen LogP contribution < -0.4 is 0 Å². The van der Waals surface area contributed by atoms with Crippen LogP contribution in [0.1, 0.15) is 36.3 Å². The van der Waals surface area contributed by atoms with Crippen LogP contribution >= 0.6 is 0 Å². The topological polar surface area (TPSA) is 38.1 Å². The van der Waals surface area contributed by atoms with Crippen molar-refractivity contribution in [1.82, 2.24) is 14.7 Å². The lowest BCUT2D eigenvalue weighted by molar-refractivity contribution is -0.133. The molecule has 0 radical (unpaired) electrons. The zero-order valence-corrected chi connectivity index (χ0v) is 13.9. The molecule has 1 amide bonds. The third-order valence-electron chi connectivity index (χ3n) is 5.23. The van der Waals surface area contributed by atoms with E-state index in [-0.39, 0.29) is 29.6 Å². The maximum absolute atomic E-state index is 13.0. The minimum atomic E-state index is -0.226. The van der Waals surface area contributed by atoms with Gasteiger partial charge in [0.15, 0.2) is 0 Å². The first kappa shape index (κ1) is 15.4. The number of benzene rings is 1. The summed E-state index contributed by atoms with van der Waals surface area (Å²) < 4.78 is 15.0. The predicted octanol–water partition coefficient (Wildman–Crippen LogP) is 3.13. The molecule has 1 aromatic heterocycles. The first-order valence-corrected chi connectivity index (χ1v) is 8.67. The molecule has 4 nitrogen and oxygen atoms in total. The average molecular weight is 327 g/mol. The second-order valence-corrected chi connectivity index (χ2v) is 7.07. The molecule has 0 N–H and O–H groups in total. The van der Waals surface area contributed by atoms with E-state index in [0.717, 1.165) is 43.5 Å². The van der Waals surface area contributed by atoms with Crippen molar-refractivity contribution in [2.75, 3.05) is 6.54 Å². The monoisotopic (exact) mass is 327 g/mol. The van der Waals surface area contributed by atoms with E-state index < -0.39 is 0 Å². The highest BCUT2D eigenvalue weighted by atomic mass is 19.1. The number of hydrogen-bond acceptors (Lipinski definition) is 2. The smallest absolute Gasteiger partial charge is 0.226 e. The summed E-state index contributed by atoms with van der Waals surface area (Å²) in [6, 6.07) is 6.82. The minimum absolute atomic E-state index is 0.0652. The number of aryl methyl sites for hydroxylation is 1. The number of carbonyl (C=O) groups excluding carboxylic acids is 1. The lowest BCUT2D eigenvalue weighted by Crippen LogP contribution is -2.39. The number of hydrogen-bond donors (Lipinski definition) is 0. The summed E-state index contributed by atoms with van der Waals surface area (Å²) in [4.78, 5) is 14.9. The van der Waals surface area contributed by atoms with E-state index in [4.69, 9.17) is 0 Å². The van der Waals surface area contributed by atoms with Crippen LogP contribution in [-0.2, 0) is 11.3 Å². The second kappa shape index (κ2) is 6.04. The van der Waals surface area contributed by atoms with Gasteiger partial charge < -0.3 is 4.90 Å². The van der Waals surface area contributed by atoms with Gasteiger partial charge in [-0.1, -0.05) is 12.1 Å². The van der Waals surface area contributed by atoms with Gasteiger partial charge in [-0.3, -0.25) is 9.48 Å². The zero-order chi connectivity index (χ0) is 16.7. The number of halogens is 1. The number of rotatable bonds is 4. The number of nitrogens with zero attached hydrogens (tertiary/aromatic N) is 3. The van der Waals surface area contributed by atoms with E-state index in [0.29, 0.717) is 0 Å². The van der Waals surface area contributed by atoms with Crippen LogP contribution in [0.5, 0.6) is 0 Å². The molecular weight excluding hydrogens is 305 g/mol. The Hall–Kier alpha value is -2.17. The Morgan fingerprint density at radius 1 is 1.33 bits per heavy atom. The normalized spacial score (nSPS) is 25.9. The molecule has 126 valence electrons. The van der Waals surface area contributed by atoms with E-state index in [1.54, 1.807) is 12.1 Å². The van der Waals surface area contributed by atoms with Crippen LogP contribution in [0, 0.1) is 18.7 Å². The lowest BCUT2D eigenvalue weighted by Gasteiger charge is -2.25. The van der Waals surface area contributed by atoms with Crippen molar-refractivity contribution in [1.29, 1.82) is 0 Å². The maximum Gasteiger partial charge on any atom is 0.226 e. The number of amides is 1. The van der Waals surface area contributed by atoms with Gasteiger partial charge in [0.1, 0.15) is 5.82 Å². The van der Waals surface area contributed by atoms with Crippen LogP contribution in [0.2, 0.25) is 0 Å². The van der Waals surface area contributed by atoms with Crippen molar-refractivity contribution in [3.63, 3.8) is 0 Å². The number of likely N-dealkylation sites (tertiary alicyclic amines) is 1. The largest absolute Gasteiger partial charge is 0.338 e. The van der Waals surface area contributed by atoms with Crippen molar-refractivity contribution in [2.45, 2.75) is 44.7 Å². The summed E-state index contributed by atoms with van der Waals surface area (Å²) in [5.41, 5.74) is 2.22. The third-order valence-corrected chi connectivity index (χ3v) is 5.23. The third kappa shape index (κ3) is 2.95. The van der Waals surface area contributed by atoms with E-state index in [1.165, 1.54) is 12.1 Å². The molecule has 2 fully saturated rings. The summed E-state index contributed by atoms with van der Waals surface area (Å²) in [6.45, 7) is 3.64. The van der Waals surface area contributed by atoms with Gasteiger partial charge >= 0.3 is 0 Å². The molecule has 1 saturated carbocycles. The molecule has 0 spiro atoms. The fraction of sp³-hybridized carbons (Fsp3) is 0.474. The highest BCUT2D eigenvalue weighted by Crippen LogP contribution is 2.49. The van der Waals surface area contributed by atoms with Crippen LogP contribution in [0.15, 0.2) is 36.7 Å². The molecule has 2 aromatic rings. The van der Waals surface area contributed by atoms with E-state index in [9.17, 15) is 9.18 Å². The molecule has 1 aromatic carbocycles. The summed E-state index contributed by atoms with van der Waals surface area (Å²) in [5, 5.41) is 4.35. The van der Waals surface area contributed by atoms with Gasteiger partial charge in [-0.15, -0.1) is 0 Å². The van der Waals surface area contributed by atoms with Crippen LogP contribution in [0.4, 0.5) is 4.39 Å². The van der Waals surface area contributed by atoms with Gasteiger partial charge in [0.05, 0.1) is 18.8 Å². The van der Waals surface area contributed by atoms with Crippen LogP contribution in [0.3, 0.4) is 0 Å². The standard InChI is InChI=1S/C19H22FN3O/c1-13-10-21-22(11-13)12-16-3-2-8-23(16)19(24)18-9-17(18)14-4-6-15(20)7-5-14/h4-7,10-11,16-18H,2-3,8-9,12H2,1H3.